The van der Waals surface area contributed by atoms with E-state index in [2.05, 4.69) is 31.0 Å². The summed E-state index contributed by atoms with van der Waals surface area (Å²) in [7, 11) is 1.79. The van der Waals surface area contributed by atoms with Crippen molar-refractivity contribution in [2.75, 3.05) is 18.7 Å². The second-order valence-electron chi connectivity index (χ2n) is 5.76. The van der Waals surface area contributed by atoms with Gasteiger partial charge >= 0.3 is 0 Å². The van der Waals surface area contributed by atoms with Gasteiger partial charge in [0.1, 0.15) is 0 Å². The fourth-order valence-electron chi connectivity index (χ4n) is 3.36. The van der Waals surface area contributed by atoms with Crippen LogP contribution in [0.1, 0.15) is 36.0 Å². The van der Waals surface area contributed by atoms with Crippen LogP contribution in [-0.2, 0) is 11.3 Å². The lowest BCUT2D eigenvalue weighted by Crippen LogP contribution is -2.47. The molecule has 0 amide bonds. The van der Waals surface area contributed by atoms with Crippen LogP contribution < -0.4 is 5.06 Å². The van der Waals surface area contributed by atoms with E-state index in [1.54, 1.807) is 7.11 Å². The van der Waals surface area contributed by atoms with Crippen LogP contribution in [0.3, 0.4) is 0 Å². The SMILES string of the molecule is CON1CC2(CCC2)Cc2ccc(C)c(C)c21. The zero-order valence-corrected chi connectivity index (χ0v) is 11.0. The number of anilines is 1. The van der Waals surface area contributed by atoms with E-state index in [9.17, 15) is 0 Å². The van der Waals surface area contributed by atoms with Crippen molar-refractivity contribution in [1.82, 2.24) is 0 Å². The molecule has 1 fully saturated rings. The highest BCUT2D eigenvalue weighted by molar-refractivity contribution is 5.62. The van der Waals surface area contributed by atoms with Gasteiger partial charge in [0.2, 0.25) is 0 Å². The first-order chi connectivity index (χ1) is 8.15. The predicted molar refractivity (Wildman–Crippen MR) is 70.3 cm³/mol. The van der Waals surface area contributed by atoms with Crippen molar-refractivity contribution < 1.29 is 4.84 Å². The van der Waals surface area contributed by atoms with Crippen LogP contribution in [0.15, 0.2) is 12.1 Å². The van der Waals surface area contributed by atoms with Crippen LogP contribution >= 0.6 is 0 Å². The second-order valence-corrected chi connectivity index (χ2v) is 5.76. The van der Waals surface area contributed by atoms with Crippen molar-refractivity contribution in [2.45, 2.75) is 39.5 Å². The summed E-state index contributed by atoms with van der Waals surface area (Å²) in [5.41, 5.74) is 6.03. The second kappa shape index (κ2) is 3.74. The highest BCUT2D eigenvalue weighted by Crippen LogP contribution is 2.50. The summed E-state index contributed by atoms with van der Waals surface area (Å²) >= 11 is 0. The molecular weight excluding hydrogens is 210 g/mol. The molecule has 0 unspecified atom stereocenters. The van der Waals surface area contributed by atoms with Gasteiger partial charge < -0.3 is 0 Å². The number of hydrogen-bond acceptors (Lipinski definition) is 2. The minimum Gasteiger partial charge on any atom is -0.277 e. The van der Waals surface area contributed by atoms with Crippen LogP contribution in [0.25, 0.3) is 0 Å². The Bertz CT molecular complexity index is 448. The maximum Gasteiger partial charge on any atom is 0.0700 e. The molecule has 0 atom stereocenters. The average molecular weight is 231 g/mol. The van der Waals surface area contributed by atoms with Crippen LogP contribution in [0, 0.1) is 19.3 Å². The van der Waals surface area contributed by atoms with E-state index in [0.717, 1.165) is 6.54 Å². The Morgan fingerprint density at radius 2 is 2.00 bits per heavy atom. The summed E-state index contributed by atoms with van der Waals surface area (Å²) in [4.78, 5) is 5.62. The molecule has 2 heteroatoms. The number of hydrogen-bond donors (Lipinski definition) is 0. The summed E-state index contributed by atoms with van der Waals surface area (Å²) in [6.45, 7) is 5.46. The molecule has 1 aliphatic heterocycles. The summed E-state index contributed by atoms with van der Waals surface area (Å²) in [6, 6.07) is 4.54. The van der Waals surface area contributed by atoms with E-state index >= 15 is 0 Å². The summed E-state index contributed by atoms with van der Waals surface area (Å²) < 4.78 is 0. The Kier molecular flexibility index (Phi) is 2.44. The van der Waals surface area contributed by atoms with Crippen LogP contribution in [0.2, 0.25) is 0 Å². The Hall–Kier alpha value is -1.02. The monoisotopic (exact) mass is 231 g/mol. The molecule has 2 aliphatic rings. The maximum atomic E-state index is 5.62. The molecule has 1 heterocycles. The molecule has 3 rings (SSSR count). The zero-order valence-electron chi connectivity index (χ0n) is 11.0. The van der Waals surface area contributed by atoms with E-state index in [4.69, 9.17) is 4.84 Å². The number of nitrogens with zero attached hydrogens (tertiary/aromatic N) is 1. The predicted octanol–water partition coefficient (Wildman–Crippen LogP) is 3.40. The van der Waals surface area contributed by atoms with E-state index in [0.29, 0.717) is 5.41 Å². The Balaban J connectivity index is 2.07. The van der Waals surface area contributed by atoms with Crippen LogP contribution in [-0.4, -0.2) is 13.7 Å². The highest BCUT2D eigenvalue weighted by Gasteiger charge is 2.43. The molecule has 92 valence electrons. The minimum absolute atomic E-state index is 0.505. The van der Waals surface area contributed by atoms with Gasteiger partial charge in [-0.15, -0.1) is 0 Å². The molecule has 0 aromatic heterocycles. The molecule has 0 N–H and O–H groups in total. The first-order valence-corrected chi connectivity index (χ1v) is 6.56. The Labute approximate surface area is 104 Å². The number of fused-ring (bicyclic) bond motifs is 1. The smallest absolute Gasteiger partial charge is 0.0700 e. The molecule has 17 heavy (non-hydrogen) atoms. The van der Waals surface area contributed by atoms with Crippen molar-refractivity contribution >= 4 is 5.69 Å². The standard InChI is InChI=1S/C15H21NO/c1-11-5-6-13-9-15(7-4-8-15)10-16(17-3)14(13)12(11)2/h5-6H,4,7-10H2,1-3H3. The summed E-state index contributed by atoms with van der Waals surface area (Å²) in [5.74, 6) is 0. The van der Waals surface area contributed by atoms with E-state index in [-0.39, 0.29) is 0 Å². The number of rotatable bonds is 1. The van der Waals surface area contributed by atoms with Crippen molar-refractivity contribution in [3.05, 3.63) is 28.8 Å². The molecule has 1 saturated carbocycles. The number of aryl methyl sites for hydroxylation is 1. The van der Waals surface area contributed by atoms with Crippen LogP contribution in [0.5, 0.6) is 0 Å². The van der Waals surface area contributed by atoms with E-state index in [1.807, 2.05) is 0 Å². The Morgan fingerprint density at radius 3 is 2.59 bits per heavy atom. The Morgan fingerprint density at radius 1 is 1.24 bits per heavy atom. The van der Waals surface area contributed by atoms with Gasteiger partial charge in [0, 0.05) is 0 Å². The number of benzene rings is 1. The third-order valence-electron chi connectivity index (χ3n) is 4.71. The lowest BCUT2D eigenvalue weighted by Gasteiger charge is -2.49. The minimum atomic E-state index is 0.505. The summed E-state index contributed by atoms with van der Waals surface area (Å²) in [5, 5.41) is 2.13. The van der Waals surface area contributed by atoms with Gasteiger partial charge in [0.25, 0.3) is 0 Å². The van der Waals surface area contributed by atoms with Gasteiger partial charge in [0.05, 0.1) is 19.3 Å². The summed E-state index contributed by atoms with van der Waals surface area (Å²) in [6.07, 6.45) is 5.35. The van der Waals surface area contributed by atoms with Gasteiger partial charge in [-0.25, -0.2) is 0 Å². The van der Waals surface area contributed by atoms with E-state index < -0.39 is 0 Å². The first kappa shape index (κ1) is 11.1. The van der Waals surface area contributed by atoms with Crippen molar-refractivity contribution in [2.24, 2.45) is 5.41 Å². The highest BCUT2D eigenvalue weighted by atomic mass is 16.7. The third kappa shape index (κ3) is 1.58. The molecule has 0 radical (unpaired) electrons. The van der Waals surface area contributed by atoms with Crippen molar-refractivity contribution in [3.63, 3.8) is 0 Å². The average Bonchev–Trinajstić information content (AvgIpc) is 2.30. The van der Waals surface area contributed by atoms with Crippen molar-refractivity contribution in [1.29, 1.82) is 0 Å². The zero-order chi connectivity index (χ0) is 12.0. The van der Waals surface area contributed by atoms with E-state index in [1.165, 1.54) is 48.1 Å². The molecule has 2 nitrogen and oxygen atoms in total. The molecule has 1 aromatic rings. The lowest BCUT2D eigenvalue weighted by atomic mass is 9.63. The topological polar surface area (TPSA) is 12.5 Å². The lowest BCUT2D eigenvalue weighted by molar-refractivity contribution is 0.0631. The van der Waals surface area contributed by atoms with Gasteiger partial charge in [-0.3, -0.25) is 9.90 Å². The van der Waals surface area contributed by atoms with Gasteiger partial charge in [-0.2, -0.15) is 0 Å². The van der Waals surface area contributed by atoms with Gasteiger partial charge in [-0.05, 0) is 55.2 Å². The quantitative estimate of drug-likeness (QED) is 0.734. The largest absolute Gasteiger partial charge is 0.277 e. The molecular formula is C15H21NO. The molecule has 1 spiro atoms. The van der Waals surface area contributed by atoms with Gasteiger partial charge in [-0.1, -0.05) is 18.6 Å². The maximum absolute atomic E-state index is 5.62. The fourth-order valence-corrected chi connectivity index (χ4v) is 3.36. The molecule has 1 aromatic carbocycles. The normalized spacial score (nSPS) is 21.2. The molecule has 1 aliphatic carbocycles. The van der Waals surface area contributed by atoms with Gasteiger partial charge in [0.15, 0.2) is 0 Å². The molecule has 0 saturated heterocycles. The van der Waals surface area contributed by atoms with Crippen molar-refractivity contribution in [3.8, 4) is 0 Å². The third-order valence-corrected chi connectivity index (χ3v) is 4.71. The van der Waals surface area contributed by atoms with Crippen LogP contribution in [0.4, 0.5) is 5.69 Å². The molecule has 0 bridgehead atoms. The number of hydroxylamine groups is 1. The fraction of sp³-hybridized carbons (Fsp3) is 0.600. The first-order valence-electron chi connectivity index (χ1n) is 6.56.